The van der Waals surface area contributed by atoms with Gasteiger partial charge in [-0.1, -0.05) is 6.07 Å². The van der Waals surface area contributed by atoms with Crippen molar-refractivity contribution in [1.82, 2.24) is 5.32 Å². The van der Waals surface area contributed by atoms with Gasteiger partial charge in [-0.2, -0.15) is 5.26 Å². The molecule has 0 saturated heterocycles. The standard InChI is InChI=1S/C14H16N2O3/c1-14(2,3)19-13(17)16-10-8-18-11-6-4-5-9(7-15)12(10)11/h4-6,10H,8H2,1-3H3,(H,16,17). The van der Waals surface area contributed by atoms with Gasteiger partial charge in [-0.3, -0.25) is 0 Å². The Balaban J connectivity index is 2.15. The van der Waals surface area contributed by atoms with Gasteiger partial charge in [-0.15, -0.1) is 0 Å². The van der Waals surface area contributed by atoms with E-state index in [1.54, 1.807) is 39.0 Å². The first-order valence-electron chi connectivity index (χ1n) is 6.06. The van der Waals surface area contributed by atoms with Gasteiger partial charge in [0.25, 0.3) is 0 Å². The Morgan fingerprint density at radius 2 is 2.26 bits per heavy atom. The van der Waals surface area contributed by atoms with Crippen LogP contribution < -0.4 is 10.1 Å². The molecule has 0 spiro atoms. The molecule has 1 amide bonds. The molecule has 1 unspecified atom stereocenters. The molecule has 0 radical (unpaired) electrons. The number of nitrogens with zero attached hydrogens (tertiary/aromatic N) is 1. The van der Waals surface area contributed by atoms with Gasteiger partial charge >= 0.3 is 6.09 Å². The number of carbonyl (C=O) groups excluding carboxylic acids is 1. The predicted molar refractivity (Wildman–Crippen MR) is 68.8 cm³/mol. The Hall–Kier alpha value is -2.22. The molecule has 5 nitrogen and oxygen atoms in total. The number of benzene rings is 1. The Morgan fingerprint density at radius 3 is 2.89 bits per heavy atom. The third kappa shape index (κ3) is 2.97. The Bertz CT molecular complexity index is 541. The summed E-state index contributed by atoms with van der Waals surface area (Å²) in [5, 5.41) is 11.8. The highest BCUT2D eigenvalue weighted by molar-refractivity contribution is 5.69. The van der Waals surface area contributed by atoms with E-state index in [0.717, 1.165) is 5.56 Å². The molecule has 2 rings (SSSR count). The number of hydrogen-bond donors (Lipinski definition) is 1. The van der Waals surface area contributed by atoms with E-state index in [0.29, 0.717) is 17.9 Å². The quantitative estimate of drug-likeness (QED) is 0.842. The van der Waals surface area contributed by atoms with E-state index in [1.165, 1.54) is 0 Å². The van der Waals surface area contributed by atoms with Crippen molar-refractivity contribution in [1.29, 1.82) is 5.26 Å². The summed E-state index contributed by atoms with van der Waals surface area (Å²) >= 11 is 0. The molecule has 1 aromatic carbocycles. The summed E-state index contributed by atoms with van der Waals surface area (Å²) in [6.45, 7) is 5.71. The molecular weight excluding hydrogens is 244 g/mol. The van der Waals surface area contributed by atoms with E-state index in [1.807, 2.05) is 0 Å². The molecule has 1 aromatic rings. The van der Waals surface area contributed by atoms with E-state index < -0.39 is 11.7 Å². The number of nitrogens with one attached hydrogen (secondary N) is 1. The molecule has 100 valence electrons. The van der Waals surface area contributed by atoms with Crippen LogP contribution in [0.5, 0.6) is 5.75 Å². The van der Waals surface area contributed by atoms with Gasteiger partial charge in [0.05, 0.1) is 17.7 Å². The van der Waals surface area contributed by atoms with Crippen molar-refractivity contribution in [2.24, 2.45) is 0 Å². The lowest BCUT2D eigenvalue weighted by Crippen LogP contribution is -2.35. The van der Waals surface area contributed by atoms with Crippen molar-refractivity contribution in [3.63, 3.8) is 0 Å². The first-order valence-corrected chi connectivity index (χ1v) is 6.06. The third-order valence-corrected chi connectivity index (χ3v) is 2.63. The fourth-order valence-corrected chi connectivity index (χ4v) is 1.95. The molecule has 0 bridgehead atoms. The van der Waals surface area contributed by atoms with Crippen molar-refractivity contribution in [2.45, 2.75) is 32.4 Å². The summed E-state index contributed by atoms with van der Waals surface area (Å²) in [7, 11) is 0. The number of alkyl carbamates (subject to hydrolysis) is 1. The average molecular weight is 260 g/mol. The Kier molecular flexibility index (Phi) is 3.34. The fraction of sp³-hybridized carbons (Fsp3) is 0.429. The van der Waals surface area contributed by atoms with Gasteiger partial charge in [0.2, 0.25) is 0 Å². The van der Waals surface area contributed by atoms with Crippen molar-refractivity contribution >= 4 is 6.09 Å². The van der Waals surface area contributed by atoms with E-state index in [-0.39, 0.29) is 6.04 Å². The number of ether oxygens (including phenoxy) is 2. The van der Waals surface area contributed by atoms with Crippen LogP contribution in [-0.4, -0.2) is 18.3 Å². The van der Waals surface area contributed by atoms with Crippen LogP contribution in [0.4, 0.5) is 4.79 Å². The van der Waals surface area contributed by atoms with Crippen LogP contribution >= 0.6 is 0 Å². The number of hydrogen-bond acceptors (Lipinski definition) is 4. The molecule has 0 aliphatic carbocycles. The Morgan fingerprint density at radius 1 is 1.53 bits per heavy atom. The summed E-state index contributed by atoms with van der Waals surface area (Å²) in [5.74, 6) is 0.639. The maximum atomic E-state index is 11.8. The van der Waals surface area contributed by atoms with Gasteiger partial charge in [-0.05, 0) is 32.9 Å². The normalized spacial score (nSPS) is 17.1. The van der Waals surface area contributed by atoms with Crippen molar-refractivity contribution in [3.8, 4) is 11.8 Å². The minimum atomic E-state index is -0.554. The second kappa shape index (κ2) is 4.81. The monoisotopic (exact) mass is 260 g/mol. The predicted octanol–water partition coefficient (Wildman–Crippen LogP) is 2.52. The number of fused-ring (bicyclic) bond motifs is 1. The molecule has 5 heteroatoms. The summed E-state index contributed by atoms with van der Waals surface area (Å²) < 4.78 is 10.7. The first-order chi connectivity index (χ1) is 8.90. The molecule has 0 saturated carbocycles. The molecule has 1 aliphatic heterocycles. The second-order valence-electron chi connectivity index (χ2n) is 5.34. The molecule has 1 N–H and O–H groups in total. The van der Waals surface area contributed by atoms with Gasteiger partial charge in [0.1, 0.15) is 18.0 Å². The van der Waals surface area contributed by atoms with Gasteiger partial charge in [-0.25, -0.2) is 4.79 Å². The average Bonchev–Trinajstić information content (AvgIpc) is 2.70. The van der Waals surface area contributed by atoms with E-state index in [2.05, 4.69) is 11.4 Å². The second-order valence-corrected chi connectivity index (χ2v) is 5.34. The van der Waals surface area contributed by atoms with Crippen LogP contribution in [0.2, 0.25) is 0 Å². The lowest BCUT2D eigenvalue weighted by Gasteiger charge is -2.21. The zero-order valence-electron chi connectivity index (χ0n) is 11.2. The highest BCUT2D eigenvalue weighted by Crippen LogP contribution is 2.34. The lowest BCUT2D eigenvalue weighted by atomic mass is 10.0. The smallest absolute Gasteiger partial charge is 0.408 e. The van der Waals surface area contributed by atoms with Crippen molar-refractivity contribution in [2.75, 3.05) is 6.61 Å². The fourth-order valence-electron chi connectivity index (χ4n) is 1.95. The molecular formula is C14H16N2O3. The zero-order valence-corrected chi connectivity index (χ0v) is 11.2. The van der Waals surface area contributed by atoms with Crippen LogP contribution in [0.3, 0.4) is 0 Å². The summed E-state index contributed by atoms with van der Waals surface area (Å²) in [4.78, 5) is 11.8. The molecule has 1 aliphatic rings. The van der Waals surface area contributed by atoms with E-state index in [9.17, 15) is 4.79 Å². The molecule has 1 heterocycles. The topological polar surface area (TPSA) is 71.3 Å². The molecule has 0 fully saturated rings. The largest absolute Gasteiger partial charge is 0.491 e. The zero-order chi connectivity index (χ0) is 14.0. The van der Waals surface area contributed by atoms with Crippen molar-refractivity contribution in [3.05, 3.63) is 29.3 Å². The lowest BCUT2D eigenvalue weighted by molar-refractivity contribution is 0.0497. The van der Waals surface area contributed by atoms with Crippen LogP contribution in [0.1, 0.15) is 37.9 Å². The first kappa shape index (κ1) is 13.2. The van der Waals surface area contributed by atoms with Crippen molar-refractivity contribution < 1.29 is 14.3 Å². The molecule has 1 atom stereocenters. The molecule has 19 heavy (non-hydrogen) atoms. The summed E-state index contributed by atoms with van der Waals surface area (Å²) in [6.07, 6.45) is -0.512. The van der Waals surface area contributed by atoms with Gasteiger partial charge < -0.3 is 14.8 Å². The van der Waals surface area contributed by atoms with Crippen LogP contribution in [-0.2, 0) is 4.74 Å². The maximum Gasteiger partial charge on any atom is 0.408 e. The minimum absolute atomic E-state index is 0.313. The highest BCUT2D eigenvalue weighted by atomic mass is 16.6. The van der Waals surface area contributed by atoms with E-state index >= 15 is 0 Å². The van der Waals surface area contributed by atoms with Crippen LogP contribution in [0.15, 0.2) is 18.2 Å². The maximum absolute atomic E-state index is 11.8. The molecule has 0 aromatic heterocycles. The number of rotatable bonds is 1. The van der Waals surface area contributed by atoms with Crippen LogP contribution in [0.25, 0.3) is 0 Å². The minimum Gasteiger partial charge on any atom is -0.491 e. The van der Waals surface area contributed by atoms with E-state index in [4.69, 9.17) is 14.7 Å². The Labute approximate surface area is 112 Å². The summed E-state index contributed by atoms with van der Waals surface area (Å²) in [6, 6.07) is 7.01. The number of amides is 1. The summed E-state index contributed by atoms with van der Waals surface area (Å²) in [5.41, 5.74) is 0.674. The highest BCUT2D eigenvalue weighted by Gasteiger charge is 2.29. The number of carbonyl (C=O) groups is 1. The number of nitriles is 1. The van der Waals surface area contributed by atoms with Gasteiger partial charge in [0.15, 0.2) is 0 Å². The van der Waals surface area contributed by atoms with Gasteiger partial charge in [0, 0.05) is 5.56 Å². The SMILES string of the molecule is CC(C)(C)OC(=O)NC1COc2cccc(C#N)c21. The van der Waals surface area contributed by atoms with Crippen LogP contribution in [0, 0.1) is 11.3 Å². The third-order valence-electron chi connectivity index (χ3n) is 2.63.